The van der Waals surface area contributed by atoms with E-state index < -0.39 is 0 Å². The number of furan rings is 1. The van der Waals surface area contributed by atoms with Crippen molar-refractivity contribution < 1.29 is 9.15 Å². The van der Waals surface area contributed by atoms with Crippen LogP contribution in [0.4, 0.5) is 5.69 Å². The van der Waals surface area contributed by atoms with Crippen LogP contribution in [0.1, 0.15) is 5.76 Å². The van der Waals surface area contributed by atoms with E-state index in [9.17, 15) is 0 Å². The summed E-state index contributed by atoms with van der Waals surface area (Å²) < 4.78 is 11.1. The molecule has 1 saturated heterocycles. The molecule has 4 heteroatoms. The van der Waals surface area contributed by atoms with Crippen molar-refractivity contribution in [2.75, 3.05) is 32.0 Å². The number of rotatable bonds is 2. The molecule has 0 saturated carbocycles. The SMILES string of the molecule is Nc1cccc2oc(CN3CCOCC3)cc12. The highest BCUT2D eigenvalue weighted by Gasteiger charge is 2.13. The van der Waals surface area contributed by atoms with Crippen molar-refractivity contribution in [3.8, 4) is 0 Å². The number of nitrogens with two attached hydrogens (primary N) is 1. The molecule has 0 atom stereocenters. The van der Waals surface area contributed by atoms with Crippen LogP contribution in [0, 0.1) is 0 Å². The molecule has 0 aliphatic carbocycles. The van der Waals surface area contributed by atoms with Crippen LogP contribution in [0.3, 0.4) is 0 Å². The van der Waals surface area contributed by atoms with Crippen LogP contribution in [0.15, 0.2) is 28.7 Å². The Hall–Kier alpha value is -1.52. The Morgan fingerprint density at radius 3 is 2.82 bits per heavy atom. The Bertz CT molecular complexity index is 515. The molecule has 2 N–H and O–H groups in total. The second-order valence-corrected chi connectivity index (χ2v) is 4.36. The van der Waals surface area contributed by atoms with Gasteiger partial charge in [0.05, 0.1) is 19.8 Å². The van der Waals surface area contributed by atoms with E-state index in [1.165, 1.54) is 0 Å². The highest BCUT2D eigenvalue weighted by molar-refractivity contribution is 5.89. The summed E-state index contributed by atoms with van der Waals surface area (Å²) >= 11 is 0. The van der Waals surface area contributed by atoms with Crippen molar-refractivity contribution >= 4 is 16.7 Å². The first-order chi connectivity index (χ1) is 8.33. The van der Waals surface area contributed by atoms with Crippen LogP contribution in [0.2, 0.25) is 0 Å². The Morgan fingerprint density at radius 1 is 1.24 bits per heavy atom. The third kappa shape index (κ3) is 2.14. The Kier molecular flexibility index (Phi) is 2.74. The van der Waals surface area contributed by atoms with Gasteiger partial charge in [-0.05, 0) is 18.2 Å². The molecular formula is C13H16N2O2. The fraction of sp³-hybridized carbons (Fsp3) is 0.385. The van der Waals surface area contributed by atoms with Crippen LogP contribution in [-0.2, 0) is 11.3 Å². The minimum atomic E-state index is 0.777. The number of nitrogens with zero attached hydrogens (tertiary/aromatic N) is 1. The first-order valence-electron chi connectivity index (χ1n) is 5.90. The van der Waals surface area contributed by atoms with Gasteiger partial charge in [-0.1, -0.05) is 6.07 Å². The first kappa shape index (κ1) is 10.6. The first-order valence-corrected chi connectivity index (χ1v) is 5.90. The zero-order chi connectivity index (χ0) is 11.7. The van der Waals surface area contributed by atoms with Gasteiger partial charge in [0.15, 0.2) is 0 Å². The standard InChI is InChI=1S/C13H16N2O2/c14-12-2-1-3-13-11(12)8-10(17-13)9-15-4-6-16-7-5-15/h1-3,8H,4-7,9,14H2. The molecular weight excluding hydrogens is 216 g/mol. The maximum atomic E-state index is 5.91. The molecule has 90 valence electrons. The minimum absolute atomic E-state index is 0.777. The van der Waals surface area contributed by atoms with Crippen molar-refractivity contribution in [2.45, 2.75) is 6.54 Å². The maximum Gasteiger partial charge on any atom is 0.136 e. The largest absolute Gasteiger partial charge is 0.460 e. The zero-order valence-electron chi connectivity index (χ0n) is 9.69. The van der Waals surface area contributed by atoms with Gasteiger partial charge in [-0.3, -0.25) is 4.90 Å². The lowest BCUT2D eigenvalue weighted by Crippen LogP contribution is -2.35. The summed E-state index contributed by atoms with van der Waals surface area (Å²) in [6.07, 6.45) is 0. The second kappa shape index (κ2) is 4.39. The molecule has 2 aromatic rings. The van der Waals surface area contributed by atoms with Crippen LogP contribution < -0.4 is 5.73 Å². The molecule has 3 rings (SSSR count). The van der Waals surface area contributed by atoms with Gasteiger partial charge >= 0.3 is 0 Å². The van der Waals surface area contributed by atoms with Crippen molar-refractivity contribution in [1.82, 2.24) is 4.90 Å². The predicted molar refractivity (Wildman–Crippen MR) is 66.7 cm³/mol. The summed E-state index contributed by atoms with van der Waals surface area (Å²) in [5.41, 5.74) is 7.56. The van der Waals surface area contributed by atoms with E-state index in [2.05, 4.69) is 4.90 Å². The van der Waals surface area contributed by atoms with E-state index in [1.807, 2.05) is 24.3 Å². The maximum absolute atomic E-state index is 5.91. The van der Waals surface area contributed by atoms with E-state index in [0.717, 1.165) is 55.3 Å². The average Bonchev–Trinajstić information content (AvgIpc) is 2.74. The Labute approximate surface area is 99.9 Å². The van der Waals surface area contributed by atoms with Gasteiger partial charge in [-0.15, -0.1) is 0 Å². The van der Waals surface area contributed by atoms with Gasteiger partial charge in [0.1, 0.15) is 11.3 Å². The zero-order valence-corrected chi connectivity index (χ0v) is 9.69. The summed E-state index contributed by atoms with van der Waals surface area (Å²) in [6, 6.07) is 7.81. The predicted octanol–water partition coefficient (Wildman–Crippen LogP) is 1.85. The summed E-state index contributed by atoms with van der Waals surface area (Å²) in [4.78, 5) is 2.33. The Morgan fingerprint density at radius 2 is 2.06 bits per heavy atom. The molecule has 1 aliphatic rings. The summed E-state index contributed by atoms with van der Waals surface area (Å²) in [5, 5.41) is 1.01. The molecule has 1 aromatic carbocycles. The number of nitrogen functional groups attached to an aromatic ring is 1. The molecule has 1 aliphatic heterocycles. The van der Waals surface area contributed by atoms with Crippen molar-refractivity contribution in [1.29, 1.82) is 0 Å². The van der Waals surface area contributed by atoms with Crippen molar-refractivity contribution in [3.63, 3.8) is 0 Å². The minimum Gasteiger partial charge on any atom is -0.460 e. The van der Waals surface area contributed by atoms with Crippen LogP contribution in [0.25, 0.3) is 11.0 Å². The monoisotopic (exact) mass is 232 g/mol. The number of hydrogen-bond donors (Lipinski definition) is 1. The lowest BCUT2D eigenvalue weighted by molar-refractivity contribution is 0.0315. The van der Waals surface area contributed by atoms with Crippen molar-refractivity contribution in [3.05, 3.63) is 30.0 Å². The van der Waals surface area contributed by atoms with Gasteiger partial charge in [-0.2, -0.15) is 0 Å². The molecule has 4 nitrogen and oxygen atoms in total. The molecule has 0 radical (unpaired) electrons. The molecule has 0 spiro atoms. The van der Waals surface area contributed by atoms with Gasteiger partial charge in [-0.25, -0.2) is 0 Å². The van der Waals surface area contributed by atoms with Gasteiger partial charge < -0.3 is 14.9 Å². The molecule has 0 amide bonds. The van der Waals surface area contributed by atoms with Crippen LogP contribution >= 0.6 is 0 Å². The van der Waals surface area contributed by atoms with Gasteiger partial charge in [0, 0.05) is 24.2 Å². The highest BCUT2D eigenvalue weighted by Crippen LogP contribution is 2.25. The summed E-state index contributed by atoms with van der Waals surface area (Å²) in [7, 11) is 0. The third-order valence-corrected chi connectivity index (χ3v) is 3.13. The number of fused-ring (bicyclic) bond motifs is 1. The molecule has 17 heavy (non-hydrogen) atoms. The topological polar surface area (TPSA) is 51.6 Å². The number of morpholine rings is 1. The van der Waals surface area contributed by atoms with Crippen LogP contribution in [0.5, 0.6) is 0 Å². The molecule has 0 unspecified atom stereocenters. The van der Waals surface area contributed by atoms with E-state index in [0.29, 0.717) is 0 Å². The molecule has 0 bridgehead atoms. The lowest BCUT2D eigenvalue weighted by Gasteiger charge is -2.25. The number of benzene rings is 1. The fourth-order valence-corrected chi connectivity index (χ4v) is 2.19. The van der Waals surface area contributed by atoms with Crippen LogP contribution in [-0.4, -0.2) is 31.2 Å². The summed E-state index contributed by atoms with van der Waals surface area (Å²) in [5.74, 6) is 0.972. The van der Waals surface area contributed by atoms with E-state index in [1.54, 1.807) is 0 Å². The average molecular weight is 232 g/mol. The number of anilines is 1. The number of hydrogen-bond acceptors (Lipinski definition) is 4. The molecule has 1 fully saturated rings. The highest BCUT2D eigenvalue weighted by atomic mass is 16.5. The van der Waals surface area contributed by atoms with E-state index in [4.69, 9.17) is 14.9 Å². The Balaban J connectivity index is 1.83. The fourth-order valence-electron chi connectivity index (χ4n) is 2.19. The third-order valence-electron chi connectivity index (χ3n) is 3.13. The normalized spacial score (nSPS) is 17.6. The van der Waals surface area contributed by atoms with E-state index >= 15 is 0 Å². The number of ether oxygens (including phenoxy) is 1. The van der Waals surface area contributed by atoms with E-state index in [-0.39, 0.29) is 0 Å². The summed E-state index contributed by atoms with van der Waals surface area (Å²) in [6.45, 7) is 4.38. The van der Waals surface area contributed by atoms with Gasteiger partial charge in [0.2, 0.25) is 0 Å². The lowest BCUT2D eigenvalue weighted by atomic mass is 10.2. The molecule has 2 heterocycles. The quantitative estimate of drug-likeness (QED) is 0.803. The van der Waals surface area contributed by atoms with Crippen molar-refractivity contribution in [2.24, 2.45) is 0 Å². The second-order valence-electron chi connectivity index (χ2n) is 4.36. The molecule has 1 aromatic heterocycles. The van der Waals surface area contributed by atoms with Gasteiger partial charge in [0.25, 0.3) is 0 Å². The smallest absolute Gasteiger partial charge is 0.136 e.